The van der Waals surface area contributed by atoms with E-state index in [1.165, 1.54) is 0 Å². The molecule has 4 aromatic rings. The van der Waals surface area contributed by atoms with Crippen LogP contribution in [0.5, 0.6) is 5.88 Å². The molecule has 0 unspecified atom stereocenters. The molecule has 0 aliphatic carbocycles. The molecular weight excluding hydrogens is 362 g/mol. The average Bonchev–Trinajstić information content (AvgIpc) is 3.39. The van der Waals surface area contributed by atoms with Crippen LogP contribution in [0, 0.1) is 5.92 Å². The SMILES string of the molecule is C=C(Oc1nc(-c2cc3ccncc3s2)cc2[nH]cnc12)[C@H]1CNC(=O)C1. The molecule has 5 heterocycles. The fourth-order valence-corrected chi connectivity index (χ4v) is 4.15. The summed E-state index contributed by atoms with van der Waals surface area (Å²) in [5, 5.41) is 3.92. The Morgan fingerprint density at radius 3 is 3.11 bits per heavy atom. The molecule has 2 N–H and O–H groups in total. The summed E-state index contributed by atoms with van der Waals surface area (Å²) < 4.78 is 7.06. The maximum atomic E-state index is 11.5. The molecule has 8 heteroatoms. The van der Waals surface area contributed by atoms with Gasteiger partial charge in [0.2, 0.25) is 11.8 Å². The highest BCUT2D eigenvalue weighted by molar-refractivity contribution is 7.22. The van der Waals surface area contributed by atoms with Gasteiger partial charge in [-0.15, -0.1) is 11.3 Å². The number of ether oxygens (including phenoxy) is 1. The molecular formula is C19H15N5O2S. The van der Waals surface area contributed by atoms with Crippen LogP contribution in [0.25, 0.3) is 31.7 Å². The number of amides is 1. The van der Waals surface area contributed by atoms with Crippen LogP contribution >= 0.6 is 11.3 Å². The van der Waals surface area contributed by atoms with E-state index in [1.54, 1.807) is 23.9 Å². The topological polar surface area (TPSA) is 92.8 Å². The number of nitrogens with one attached hydrogen (secondary N) is 2. The van der Waals surface area contributed by atoms with Crippen LogP contribution < -0.4 is 10.1 Å². The molecule has 1 saturated heterocycles. The third-order valence-electron chi connectivity index (χ3n) is 4.61. The van der Waals surface area contributed by atoms with Crippen LogP contribution in [0.3, 0.4) is 0 Å². The molecule has 0 saturated carbocycles. The summed E-state index contributed by atoms with van der Waals surface area (Å²) in [5.74, 6) is 0.856. The number of H-pyrrole nitrogens is 1. The van der Waals surface area contributed by atoms with Crippen molar-refractivity contribution in [3.05, 3.63) is 49.3 Å². The van der Waals surface area contributed by atoms with Crippen molar-refractivity contribution in [3.8, 4) is 16.5 Å². The summed E-state index contributed by atoms with van der Waals surface area (Å²) in [7, 11) is 0. The zero-order chi connectivity index (χ0) is 18.4. The Bertz CT molecular complexity index is 1160. The molecule has 1 aliphatic heterocycles. The van der Waals surface area contributed by atoms with Gasteiger partial charge in [-0.25, -0.2) is 9.97 Å². The highest BCUT2D eigenvalue weighted by atomic mass is 32.1. The summed E-state index contributed by atoms with van der Waals surface area (Å²) in [4.78, 5) is 28.8. The molecule has 5 rings (SSSR count). The second kappa shape index (κ2) is 6.17. The first-order valence-corrected chi connectivity index (χ1v) is 9.30. The van der Waals surface area contributed by atoms with E-state index in [0.29, 0.717) is 30.1 Å². The van der Waals surface area contributed by atoms with Crippen LogP contribution in [0.4, 0.5) is 0 Å². The third-order valence-corrected chi connectivity index (χ3v) is 5.72. The lowest BCUT2D eigenvalue weighted by Crippen LogP contribution is -2.15. The van der Waals surface area contributed by atoms with Gasteiger partial charge in [-0.3, -0.25) is 9.78 Å². The number of fused-ring (bicyclic) bond motifs is 2. The second-order valence-electron chi connectivity index (χ2n) is 6.41. The first-order valence-electron chi connectivity index (χ1n) is 8.49. The predicted octanol–water partition coefficient (Wildman–Crippen LogP) is 3.26. The van der Waals surface area contributed by atoms with Gasteiger partial charge in [0, 0.05) is 31.3 Å². The number of pyridine rings is 2. The Morgan fingerprint density at radius 1 is 1.37 bits per heavy atom. The summed E-state index contributed by atoms with van der Waals surface area (Å²) in [6, 6.07) is 6.02. The van der Waals surface area contributed by atoms with E-state index >= 15 is 0 Å². The minimum Gasteiger partial charge on any atom is -0.442 e. The maximum Gasteiger partial charge on any atom is 0.247 e. The van der Waals surface area contributed by atoms with Crippen LogP contribution in [-0.2, 0) is 4.79 Å². The van der Waals surface area contributed by atoms with E-state index < -0.39 is 0 Å². The van der Waals surface area contributed by atoms with Gasteiger partial charge in [0.25, 0.3) is 0 Å². The highest BCUT2D eigenvalue weighted by Crippen LogP contribution is 2.35. The van der Waals surface area contributed by atoms with Crippen molar-refractivity contribution in [2.24, 2.45) is 5.92 Å². The van der Waals surface area contributed by atoms with Crippen LogP contribution in [0.1, 0.15) is 6.42 Å². The molecule has 7 nitrogen and oxygen atoms in total. The molecule has 1 atom stereocenters. The zero-order valence-corrected chi connectivity index (χ0v) is 15.0. The Labute approximate surface area is 158 Å². The van der Waals surface area contributed by atoms with E-state index in [2.05, 4.69) is 37.9 Å². The van der Waals surface area contributed by atoms with Crippen molar-refractivity contribution in [2.75, 3.05) is 6.54 Å². The zero-order valence-electron chi connectivity index (χ0n) is 14.2. The number of carbonyl (C=O) groups is 1. The number of carbonyl (C=O) groups excluding carboxylic acids is 1. The first-order chi connectivity index (χ1) is 13.2. The van der Waals surface area contributed by atoms with Crippen molar-refractivity contribution >= 4 is 38.4 Å². The smallest absolute Gasteiger partial charge is 0.247 e. The number of nitrogens with zero attached hydrogens (tertiary/aromatic N) is 3. The van der Waals surface area contributed by atoms with Gasteiger partial charge in [0.1, 0.15) is 5.76 Å². The molecule has 4 aromatic heterocycles. The van der Waals surface area contributed by atoms with Gasteiger partial charge in [0.15, 0.2) is 5.52 Å². The third kappa shape index (κ3) is 2.83. The van der Waals surface area contributed by atoms with Gasteiger partial charge < -0.3 is 15.0 Å². The molecule has 27 heavy (non-hydrogen) atoms. The number of hydrogen-bond acceptors (Lipinski definition) is 6. The summed E-state index contributed by atoms with van der Waals surface area (Å²) in [6.45, 7) is 4.53. The van der Waals surface area contributed by atoms with Crippen molar-refractivity contribution in [1.29, 1.82) is 0 Å². The Hall–Kier alpha value is -3.26. The minimum atomic E-state index is -0.0626. The first kappa shape index (κ1) is 16.0. The largest absolute Gasteiger partial charge is 0.442 e. The molecule has 134 valence electrons. The number of thiophene rings is 1. The van der Waals surface area contributed by atoms with Gasteiger partial charge in [-0.1, -0.05) is 6.58 Å². The second-order valence-corrected chi connectivity index (χ2v) is 7.49. The standard InChI is InChI=1S/C19H15N5O2S/c1-10(12-5-17(25)21-7-12)26-19-18-14(22-9-23-18)6-13(24-19)15-4-11-2-3-20-8-16(11)27-15/h2-4,6,8-9,12H,1,5,7H2,(H,21,25)(H,22,23)/t12-/m1/s1. The number of hydrogen-bond donors (Lipinski definition) is 2. The van der Waals surface area contributed by atoms with Gasteiger partial charge in [-0.2, -0.15) is 0 Å². The Kier molecular flexibility index (Phi) is 3.64. The monoisotopic (exact) mass is 377 g/mol. The summed E-state index contributed by atoms with van der Waals surface area (Å²) in [6.07, 6.45) is 5.62. The fourth-order valence-electron chi connectivity index (χ4n) is 3.16. The Balaban J connectivity index is 1.55. The van der Waals surface area contributed by atoms with Gasteiger partial charge in [-0.05, 0) is 23.6 Å². The van der Waals surface area contributed by atoms with Crippen molar-refractivity contribution in [3.63, 3.8) is 0 Å². The lowest BCUT2D eigenvalue weighted by atomic mass is 10.1. The lowest BCUT2D eigenvalue weighted by Gasteiger charge is -2.13. The van der Waals surface area contributed by atoms with E-state index in [9.17, 15) is 4.79 Å². The van der Waals surface area contributed by atoms with Crippen molar-refractivity contribution in [2.45, 2.75) is 6.42 Å². The quantitative estimate of drug-likeness (QED) is 0.533. The normalized spacial score (nSPS) is 16.7. The molecule has 0 aromatic carbocycles. The van der Waals surface area contributed by atoms with Crippen molar-refractivity contribution in [1.82, 2.24) is 25.3 Å². The fraction of sp³-hybridized carbons (Fsp3) is 0.158. The summed E-state index contributed by atoms with van der Waals surface area (Å²) >= 11 is 1.62. The van der Waals surface area contributed by atoms with Crippen molar-refractivity contribution < 1.29 is 9.53 Å². The molecule has 0 radical (unpaired) electrons. The number of imidazole rings is 1. The summed E-state index contributed by atoms with van der Waals surface area (Å²) in [5.41, 5.74) is 2.26. The van der Waals surface area contributed by atoms with Crippen LogP contribution in [-0.4, -0.2) is 32.4 Å². The van der Waals surface area contributed by atoms with E-state index in [1.807, 2.05) is 18.3 Å². The molecule has 1 amide bonds. The van der Waals surface area contributed by atoms with E-state index in [0.717, 1.165) is 26.2 Å². The predicted molar refractivity (Wildman–Crippen MR) is 103 cm³/mol. The van der Waals surface area contributed by atoms with Crippen LogP contribution in [0.15, 0.2) is 49.3 Å². The average molecular weight is 377 g/mol. The molecule has 0 bridgehead atoms. The van der Waals surface area contributed by atoms with Gasteiger partial charge >= 0.3 is 0 Å². The number of rotatable bonds is 4. The number of aromatic nitrogens is 4. The van der Waals surface area contributed by atoms with Gasteiger partial charge in [0.05, 0.1) is 27.1 Å². The highest BCUT2D eigenvalue weighted by Gasteiger charge is 2.26. The minimum absolute atomic E-state index is 0.00950. The molecule has 1 fully saturated rings. The van der Waals surface area contributed by atoms with Crippen LogP contribution in [0.2, 0.25) is 0 Å². The molecule has 1 aliphatic rings. The number of aromatic amines is 1. The van der Waals surface area contributed by atoms with E-state index in [-0.39, 0.29) is 11.8 Å². The Morgan fingerprint density at radius 2 is 2.30 bits per heavy atom. The van der Waals surface area contributed by atoms with E-state index in [4.69, 9.17) is 4.74 Å². The maximum absolute atomic E-state index is 11.5. The molecule has 0 spiro atoms. The lowest BCUT2D eigenvalue weighted by molar-refractivity contribution is -0.119.